The van der Waals surface area contributed by atoms with Crippen molar-refractivity contribution in [2.24, 2.45) is 5.41 Å². The van der Waals surface area contributed by atoms with E-state index in [1.54, 1.807) is 13.8 Å². The number of carboxylic acids is 1. The molecule has 1 aromatic heterocycles. The summed E-state index contributed by atoms with van der Waals surface area (Å²) in [6.45, 7) is 3.47. The molecule has 1 amide bonds. The van der Waals surface area contributed by atoms with E-state index in [1.807, 2.05) is 0 Å². The van der Waals surface area contributed by atoms with E-state index < -0.39 is 17.3 Å². The molecule has 0 aromatic carbocycles. The van der Waals surface area contributed by atoms with Crippen molar-refractivity contribution in [3.8, 4) is 0 Å². The van der Waals surface area contributed by atoms with Gasteiger partial charge in [-0.15, -0.1) is 0 Å². The Hall–Kier alpha value is -1.40. The first-order valence-electron chi connectivity index (χ1n) is 6.05. The Morgan fingerprint density at radius 2 is 1.75 bits per heavy atom. The van der Waals surface area contributed by atoms with E-state index in [4.69, 9.17) is 23.2 Å². The number of rotatable bonds is 6. The third kappa shape index (κ3) is 3.58. The number of halogens is 2. The van der Waals surface area contributed by atoms with Crippen molar-refractivity contribution in [3.63, 3.8) is 0 Å². The van der Waals surface area contributed by atoms with Crippen molar-refractivity contribution in [1.29, 1.82) is 0 Å². The van der Waals surface area contributed by atoms with Gasteiger partial charge in [-0.3, -0.25) is 9.59 Å². The molecule has 0 saturated heterocycles. The summed E-state index contributed by atoms with van der Waals surface area (Å²) < 4.78 is 0. The SMILES string of the molecule is CCC(CC)(CC(=O)Nc1c(Cl)ncnc1Cl)C(=O)O. The van der Waals surface area contributed by atoms with Crippen LogP contribution in [-0.4, -0.2) is 27.0 Å². The van der Waals surface area contributed by atoms with E-state index in [2.05, 4.69) is 15.3 Å². The van der Waals surface area contributed by atoms with Gasteiger partial charge in [0.2, 0.25) is 5.91 Å². The van der Waals surface area contributed by atoms with Crippen LogP contribution in [0.2, 0.25) is 10.3 Å². The first-order chi connectivity index (χ1) is 9.36. The Kier molecular flexibility index (Phi) is 5.71. The Morgan fingerprint density at radius 3 is 2.15 bits per heavy atom. The normalized spacial score (nSPS) is 11.2. The second-order valence-corrected chi connectivity index (χ2v) is 5.06. The number of amides is 1. The summed E-state index contributed by atoms with van der Waals surface area (Å²) in [6.07, 6.45) is 1.69. The summed E-state index contributed by atoms with van der Waals surface area (Å²) >= 11 is 11.6. The molecule has 1 rings (SSSR count). The molecular weight excluding hydrogens is 305 g/mol. The first kappa shape index (κ1) is 16.7. The van der Waals surface area contributed by atoms with Crippen molar-refractivity contribution >= 4 is 40.8 Å². The lowest BCUT2D eigenvalue weighted by Gasteiger charge is -2.25. The van der Waals surface area contributed by atoms with E-state index in [1.165, 1.54) is 6.33 Å². The van der Waals surface area contributed by atoms with E-state index >= 15 is 0 Å². The van der Waals surface area contributed by atoms with Crippen molar-refractivity contribution in [2.75, 3.05) is 5.32 Å². The summed E-state index contributed by atoms with van der Waals surface area (Å²) in [5.74, 6) is -1.49. The first-order valence-corrected chi connectivity index (χ1v) is 6.81. The molecule has 2 N–H and O–H groups in total. The molecule has 0 aliphatic carbocycles. The van der Waals surface area contributed by atoms with E-state index in [-0.39, 0.29) is 22.4 Å². The minimum atomic E-state index is -1.10. The standard InChI is InChI=1S/C12H15Cl2N3O3/c1-3-12(4-2,11(19)20)5-7(18)17-8-9(13)15-6-16-10(8)14/h6H,3-5H2,1-2H3,(H,17,18)(H,19,20). The van der Waals surface area contributed by atoms with Gasteiger partial charge in [-0.25, -0.2) is 9.97 Å². The zero-order valence-corrected chi connectivity index (χ0v) is 12.6. The van der Waals surface area contributed by atoms with Gasteiger partial charge in [0, 0.05) is 6.42 Å². The van der Waals surface area contributed by atoms with Gasteiger partial charge in [-0.05, 0) is 12.8 Å². The quantitative estimate of drug-likeness (QED) is 0.786. The second kappa shape index (κ2) is 6.85. The fraction of sp³-hybridized carbons (Fsp3) is 0.500. The van der Waals surface area contributed by atoms with Gasteiger partial charge in [0.25, 0.3) is 0 Å². The lowest BCUT2D eigenvalue weighted by Crippen LogP contribution is -2.34. The highest BCUT2D eigenvalue weighted by molar-refractivity contribution is 6.38. The zero-order valence-electron chi connectivity index (χ0n) is 11.1. The molecule has 20 heavy (non-hydrogen) atoms. The number of carbonyl (C=O) groups excluding carboxylic acids is 1. The number of nitrogens with one attached hydrogen (secondary N) is 1. The number of carbonyl (C=O) groups is 2. The van der Waals surface area contributed by atoms with Crippen LogP contribution in [0.5, 0.6) is 0 Å². The minimum Gasteiger partial charge on any atom is -0.481 e. The average molecular weight is 320 g/mol. The predicted octanol–water partition coefficient (Wildman–Crippen LogP) is 3.00. The summed E-state index contributed by atoms with van der Waals surface area (Å²) in [5, 5.41) is 11.8. The van der Waals surface area contributed by atoms with Gasteiger partial charge >= 0.3 is 5.97 Å². The Balaban J connectivity index is 2.89. The summed E-state index contributed by atoms with van der Waals surface area (Å²) in [7, 11) is 0. The zero-order chi connectivity index (χ0) is 15.3. The molecule has 0 unspecified atom stereocenters. The Morgan fingerprint density at radius 1 is 1.25 bits per heavy atom. The number of nitrogens with zero attached hydrogens (tertiary/aromatic N) is 2. The van der Waals surface area contributed by atoms with Crippen LogP contribution < -0.4 is 5.32 Å². The van der Waals surface area contributed by atoms with E-state index in [0.29, 0.717) is 12.8 Å². The van der Waals surface area contributed by atoms with Crippen molar-refractivity contribution in [3.05, 3.63) is 16.6 Å². The molecule has 0 aliphatic heterocycles. The van der Waals surface area contributed by atoms with Crippen LogP contribution in [0, 0.1) is 5.41 Å². The molecule has 8 heteroatoms. The third-order valence-corrected chi connectivity index (χ3v) is 3.90. The fourth-order valence-corrected chi connectivity index (χ4v) is 2.23. The van der Waals surface area contributed by atoms with Crippen LogP contribution in [0.4, 0.5) is 5.69 Å². The monoisotopic (exact) mass is 319 g/mol. The summed E-state index contributed by atoms with van der Waals surface area (Å²) in [4.78, 5) is 30.8. The highest BCUT2D eigenvalue weighted by Crippen LogP contribution is 2.32. The van der Waals surface area contributed by atoms with Gasteiger partial charge in [-0.2, -0.15) is 0 Å². The lowest BCUT2D eigenvalue weighted by molar-refractivity contribution is -0.151. The van der Waals surface area contributed by atoms with Crippen molar-refractivity contribution in [1.82, 2.24) is 9.97 Å². The van der Waals surface area contributed by atoms with Crippen molar-refractivity contribution in [2.45, 2.75) is 33.1 Å². The Bertz CT molecular complexity index is 498. The summed E-state index contributed by atoms with van der Waals surface area (Å²) in [5.41, 5.74) is -1.01. The number of hydrogen-bond donors (Lipinski definition) is 2. The summed E-state index contributed by atoms with van der Waals surface area (Å²) in [6, 6.07) is 0. The van der Waals surface area contributed by atoms with Gasteiger partial charge < -0.3 is 10.4 Å². The number of carboxylic acid groups (broad SMARTS) is 1. The maximum atomic E-state index is 12.0. The molecule has 0 radical (unpaired) electrons. The van der Waals surface area contributed by atoms with Crippen LogP contribution >= 0.6 is 23.2 Å². The van der Waals surface area contributed by atoms with Crippen LogP contribution in [0.3, 0.4) is 0 Å². The molecule has 6 nitrogen and oxygen atoms in total. The number of aliphatic carboxylic acids is 1. The van der Waals surface area contributed by atoms with Gasteiger partial charge in [0.1, 0.15) is 12.0 Å². The van der Waals surface area contributed by atoms with Gasteiger partial charge in [-0.1, -0.05) is 37.0 Å². The molecule has 110 valence electrons. The maximum Gasteiger partial charge on any atom is 0.310 e. The highest BCUT2D eigenvalue weighted by atomic mass is 35.5. The van der Waals surface area contributed by atoms with Crippen molar-refractivity contribution < 1.29 is 14.7 Å². The third-order valence-electron chi connectivity index (χ3n) is 3.33. The lowest BCUT2D eigenvalue weighted by atomic mass is 9.79. The highest BCUT2D eigenvalue weighted by Gasteiger charge is 2.37. The molecule has 0 fully saturated rings. The maximum absolute atomic E-state index is 12.0. The fourth-order valence-electron chi connectivity index (χ4n) is 1.82. The van der Waals surface area contributed by atoms with Gasteiger partial charge in [0.05, 0.1) is 5.41 Å². The van der Waals surface area contributed by atoms with Crippen LogP contribution in [-0.2, 0) is 9.59 Å². The smallest absolute Gasteiger partial charge is 0.310 e. The van der Waals surface area contributed by atoms with Crippen LogP contribution in [0.25, 0.3) is 0 Å². The molecule has 0 atom stereocenters. The largest absolute Gasteiger partial charge is 0.481 e. The molecule has 1 aromatic rings. The molecule has 0 spiro atoms. The molecule has 0 aliphatic rings. The van der Waals surface area contributed by atoms with Crippen LogP contribution in [0.15, 0.2) is 6.33 Å². The predicted molar refractivity (Wildman–Crippen MR) is 75.9 cm³/mol. The number of hydrogen-bond acceptors (Lipinski definition) is 4. The second-order valence-electron chi connectivity index (χ2n) is 4.35. The average Bonchev–Trinajstić information content (AvgIpc) is 2.40. The molecule has 1 heterocycles. The van der Waals surface area contributed by atoms with Crippen LogP contribution in [0.1, 0.15) is 33.1 Å². The molecule has 0 bridgehead atoms. The number of anilines is 1. The molecule has 0 saturated carbocycles. The van der Waals surface area contributed by atoms with E-state index in [9.17, 15) is 14.7 Å². The Labute approximate surface area is 126 Å². The topological polar surface area (TPSA) is 92.2 Å². The molecular formula is C12H15Cl2N3O3. The minimum absolute atomic E-state index is 0.00673. The van der Waals surface area contributed by atoms with E-state index in [0.717, 1.165) is 0 Å². The van der Waals surface area contributed by atoms with Gasteiger partial charge in [0.15, 0.2) is 10.3 Å². The number of aromatic nitrogens is 2.